The van der Waals surface area contributed by atoms with Crippen LogP contribution in [0.3, 0.4) is 0 Å². The summed E-state index contributed by atoms with van der Waals surface area (Å²) < 4.78 is 1.48. The summed E-state index contributed by atoms with van der Waals surface area (Å²) in [5.74, 6) is 0. The molecule has 0 unspecified atom stereocenters. The van der Waals surface area contributed by atoms with Crippen molar-refractivity contribution < 1.29 is 0 Å². The summed E-state index contributed by atoms with van der Waals surface area (Å²) in [6.07, 6.45) is 0. The molecule has 3 rings (SSSR count). The van der Waals surface area contributed by atoms with Crippen LogP contribution in [0, 0.1) is 5.41 Å². The van der Waals surface area contributed by atoms with Gasteiger partial charge in [-0.05, 0) is 43.0 Å². The third-order valence-electron chi connectivity index (χ3n) is 5.74. The van der Waals surface area contributed by atoms with E-state index in [9.17, 15) is 0 Å². The Labute approximate surface area is 221 Å². The van der Waals surface area contributed by atoms with Crippen LogP contribution in [0.25, 0.3) is 0 Å². The van der Waals surface area contributed by atoms with Gasteiger partial charge in [-0.25, -0.2) is 0 Å². The first-order chi connectivity index (χ1) is 11.7. The van der Waals surface area contributed by atoms with Gasteiger partial charge in [0.15, 0.2) is 0 Å². The highest BCUT2D eigenvalue weighted by atomic mass is 79.9. The lowest BCUT2D eigenvalue weighted by Gasteiger charge is -2.52. The van der Waals surface area contributed by atoms with Gasteiger partial charge in [0.2, 0.25) is 0 Å². The predicted molar refractivity (Wildman–Crippen MR) is 141 cm³/mol. The molecule has 0 heterocycles. The molecule has 142 valence electrons. The molecule has 0 aromatic heterocycles. The van der Waals surface area contributed by atoms with Crippen LogP contribution < -0.4 is 0 Å². The molecule has 0 bridgehead atoms. The van der Waals surface area contributed by atoms with Crippen molar-refractivity contribution >= 4 is 127 Å². The molecular formula is C18H14Br8. The van der Waals surface area contributed by atoms with Gasteiger partial charge in [0.05, 0.1) is 4.32 Å². The molecule has 0 saturated heterocycles. The van der Waals surface area contributed by atoms with E-state index in [1.54, 1.807) is 0 Å². The minimum atomic E-state index is -0.580. The molecule has 0 radical (unpaired) electrons. The summed E-state index contributed by atoms with van der Waals surface area (Å²) in [5, 5.41) is 0. The molecule has 1 aromatic carbocycles. The van der Waals surface area contributed by atoms with Crippen LogP contribution in [-0.2, 0) is 5.41 Å². The number of halogens is 8. The van der Waals surface area contributed by atoms with Crippen molar-refractivity contribution in [3.05, 3.63) is 54.9 Å². The topological polar surface area (TPSA) is 0 Å². The normalized spacial score (nSPS) is 34.9. The van der Waals surface area contributed by atoms with Crippen LogP contribution in [0.2, 0.25) is 0 Å². The van der Waals surface area contributed by atoms with E-state index < -0.39 is 16.2 Å². The quantitative estimate of drug-likeness (QED) is 0.247. The van der Waals surface area contributed by atoms with Gasteiger partial charge in [-0.3, -0.25) is 0 Å². The fourth-order valence-electron chi connectivity index (χ4n) is 4.22. The van der Waals surface area contributed by atoms with Gasteiger partial charge < -0.3 is 0 Å². The van der Waals surface area contributed by atoms with Gasteiger partial charge in [0, 0.05) is 24.3 Å². The Morgan fingerprint density at radius 3 is 1.73 bits per heavy atom. The summed E-state index contributed by atoms with van der Waals surface area (Å²) in [4.78, 5) is 0. The van der Waals surface area contributed by atoms with Crippen molar-refractivity contribution in [2.24, 2.45) is 5.41 Å². The van der Waals surface area contributed by atoms with Crippen LogP contribution in [-0.4, -0.2) is 10.8 Å². The molecule has 2 aliphatic rings. The molecule has 0 amide bonds. The molecule has 2 aliphatic carbocycles. The molecular weight excluding hydrogens is 855 g/mol. The van der Waals surface area contributed by atoms with E-state index in [1.165, 1.54) is 11.1 Å². The first-order valence-corrected chi connectivity index (χ1v) is 14.0. The molecule has 0 N–H and O–H groups in total. The molecule has 0 spiro atoms. The van der Waals surface area contributed by atoms with E-state index in [4.69, 9.17) is 0 Å². The number of allylic oxidation sites excluding steroid dienone is 4. The lowest BCUT2D eigenvalue weighted by Crippen LogP contribution is -2.58. The lowest BCUT2D eigenvalue weighted by molar-refractivity contribution is 0.355. The van der Waals surface area contributed by atoms with Crippen LogP contribution in [0.4, 0.5) is 0 Å². The highest BCUT2D eigenvalue weighted by molar-refractivity contribution is 9.27. The van der Waals surface area contributed by atoms with Crippen molar-refractivity contribution in [3.63, 3.8) is 0 Å². The third kappa shape index (κ3) is 2.54. The van der Waals surface area contributed by atoms with Crippen molar-refractivity contribution in [1.82, 2.24) is 0 Å². The first kappa shape index (κ1) is 23.2. The van der Waals surface area contributed by atoms with Gasteiger partial charge in [-0.15, -0.1) is 0 Å². The molecule has 0 nitrogen and oxygen atoms in total. The van der Waals surface area contributed by atoms with E-state index in [0.29, 0.717) is 0 Å². The van der Waals surface area contributed by atoms with Gasteiger partial charge in [-0.2, -0.15) is 0 Å². The molecule has 2 atom stereocenters. The fraction of sp³-hybridized carbons (Fsp3) is 0.444. The number of hydrogen-bond acceptors (Lipinski definition) is 0. The standard InChI is InChI=1S/C18H14Br8/c1-14(2)12-10(19)11(20)13(21)17(23,24)16(12,22)15(3,18(14,25)26)9-7-5-4-6-8-9/h4-8H,1-3H3/t15-,16+/m1/s1. The second kappa shape index (κ2) is 7.03. The fourth-order valence-corrected chi connectivity index (χ4v) is 12.5. The van der Waals surface area contributed by atoms with Crippen LogP contribution in [0.5, 0.6) is 0 Å². The average molecular weight is 870 g/mol. The molecule has 1 aromatic rings. The second-order valence-electron chi connectivity index (χ2n) is 7.24. The maximum Gasteiger partial charge on any atom is 0.133 e. The summed E-state index contributed by atoms with van der Waals surface area (Å²) in [7, 11) is 0. The first-order valence-electron chi connectivity index (χ1n) is 7.67. The van der Waals surface area contributed by atoms with Crippen molar-refractivity contribution in [2.75, 3.05) is 0 Å². The SMILES string of the molecule is CC1(C)C2=C(Br)C(Br)=C(Br)C(Br)(Br)[C@@]2(Br)[C@@](C)(c2ccccc2)C1(Br)Br. The number of fused-ring (bicyclic) bond motifs is 1. The van der Waals surface area contributed by atoms with E-state index in [1.807, 2.05) is 6.07 Å². The van der Waals surface area contributed by atoms with E-state index in [2.05, 4.69) is 172 Å². The number of hydrogen-bond donors (Lipinski definition) is 0. The van der Waals surface area contributed by atoms with Crippen molar-refractivity contribution in [2.45, 2.75) is 37.0 Å². The number of alkyl halides is 5. The predicted octanol–water partition coefficient (Wildman–Crippen LogP) is 9.75. The zero-order valence-corrected chi connectivity index (χ0v) is 26.6. The van der Waals surface area contributed by atoms with Crippen LogP contribution >= 0.6 is 127 Å². The highest BCUT2D eigenvalue weighted by Gasteiger charge is 2.80. The van der Waals surface area contributed by atoms with Crippen molar-refractivity contribution in [3.8, 4) is 0 Å². The van der Waals surface area contributed by atoms with Gasteiger partial charge in [-0.1, -0.05) is 147 Å². The molecule has 1 saturated carbocycles. The second-order valence-corrected chi connectivity index (χ2v) is 17.7. The zero-order valence-electron chi connectivity index (χ0n) is 13.9. The smallest absolute Gasteiger partial charge is 0.0764 e. The Balaban J connectivity index is 2.54. The average Bonchev–Trinajstić information content (AvgIpc) is 2.67. The minimum absolute atomic E-state index is 0.251. The Morgan fingerprint density at radius 1 is 0.731 bits per heavy atom. The molecule has 26 heavy (non-hydrogen) atoms. The number of benzene rings is 1. The summed E-state index contributed by atoms with van der Waals surface area (Å²) >= 11 is 31.9. The third-order valence-corrected chi connectivity index (χ3v) is 18.8. The monoisotopic (exact) mass is 861 g/mol. The summed E-state index contributed by atoms with van der Waals surface area (Å²) in [6, 6.07) is 10.6. The summed E-state index contributed by atoms with van der Waals surface area (Å²) in [6.45, 7) is 6.80. The largest absolute Gasteiger partial charge is 0.133 e. The Bertz CT molecular complexity index is 836. The van der Waals surface area contributed by atoms with E-state index >= 15 is 0 Å². The van der Waals surface area contributed by atoms with E-state index in [-0.39, 0.29) is 5.41 Å². The van der Waals surface area contributed by atoms with Gasteiger partial charge >= 0.3 is 0 Å². The van der Waals surface area contributed by atoms with E-state index in [0.717, 1.165) is 13.4 Å². The molecule has 8 heteroatoms. The zero-order chi connectivity index (χ0) is 19.9. The Hall–Kier alpha value is 2.54. The lowest BCUT2D eigenvalue weighted by atomic mass is 9.70. The molecule has 0 aliphatic heterocycles. The van der Waals surface area contributed by atoms with Crippen LogP contribution in [0.1, 0.15) is 26.3 Å². The van der Waals surface area contributed by atoms with Gasteiger partial charge in [0.1, 0.15) is 6.47 Å². The van der Waals surface area contributed by atoms with Crippen LogP contribution in [0.15, 0.2) is 49.4 Å². The maximum absolute atomic E-state index is 4.24. The molecule has 1 fully saturated rings. The van der Waals surface area contributed by atoms with Crippen molar-refractivity contribution in [1.29, 1.82) is 0 Å². The Morgan fingerprint density at radius 2 is 1.23 bits per heavy atom. The van der Waals surface area contributed by atoms with Gasteiger partial charge in [0.25, 0.3) is 0 Å². The Kier molecular flexibility index (Phi) is 6.27. The maximum atomic E-state index is 4.24. The number of rotatable bonds is 1. The minimum Gasteiger partial charge on any atom is -0.0764 e. The summed E-state index contributed by atoms with van der Waals surface area (Å²) in [5.41, 5.74) is 1.82. The highest BCUT2D eigenvalue weighted by Crippen LogP contribution is 2.81.